The zero-order valence-corrected chi connectivity index (χ0v) is 9.49. The Morgan fingerprint density at radius 3 is 2.75 bits per heavy atom. The summed E-state index contributed by atoms with van der Waals surface area (Å²) in [4.78, 5) is 11.9. The molecule has 0 N–H and O–H groups in total. The predicted molar refractivity (Wildman–Crippen MR) is 61.5 cm³/mol. The largest absolute Gasteiger partial charge is 0.364 e. The third kappa shape index (κ3) is 1.26. The number of carbonyl (C=O) groups excluding carboxylic acids is 1. The molecule has 0 bridgehead atoms. The van der Waals surface area contributed by atoms with Crippen molar-refractivity contribution in [3.05, 3.63) is 47.0 Å². The Morgan fingerprint density at radius 2 is 2.12 bits per heavy atom. The van der Waals surface area contributed by atoms with E-state index in [-0.39, 0.29) is 17.3 Å². The van der Waals surface area contributed by atoms with Crippen LogP contribution < -0.4 is 0 Å². The van der Waals surface area contributed by atoms with Crippen LogP contribution in [0.5, 0.6) is 0 Å². The first kappa shape index (κ1) is 9.79. The molecule has 1 fully saturated rings. The number of allylic oxidation sites excluding steroid dienone is 1. The minimum atomic E-state index is -0.308. The van der Waals surface area contributed by atoms with E-state index in [0.29, 0.717) is 6.61 Å². The standard InChI is InChI=1S/C14H14O2/c1-9-3-4-11(10(2)7-9)13-12(15)5-6-14(13)8-16-14/h3-7,13H,8H2,1-2H3/t13-,14+/m0/s1. The average molecular weight is 214 g/mol. The Labute approximate surface area is 94.9 Å². The minimum Gasteiger partial charge on any atom is -0.364 e. The van der Waals surface area contributed by atoms with E-state index in [4.69, 9.17) is 4.74 Å². The fraction of sp³-hybridized carbons (Fsp3) is 0.357. The van der Waals surface area contributed by atoms with E-state index in [2.05, 4.69) is 32.0 Å². The molecule has 2 aliphatic rings. The van der Waals surface area contributed by atoms with Crippen molar-refractivity contribution in [1.29, 1.82) is 0 Å². The number of ether oxygens (including phenoxy) is 1. The topological polar surface area (TPSA) is 29.6 Å². The van der Waals surface area contributed by atoms with Gasteiger partial charge in [-0.1, -0.05) is 23.8 Å². The van der Waals surface area contributed by atoms with Gasteiger partial charge in [-0.05, 0) is 37.1 Å². The summed E-state index contributed by atoms with van der Waals surface area (Å²) in [6, 6.07) is 6.24. The maximum atomic E-state index is 11.9. The van der Waals surface area contributed by atoms with Crippen LogP contribution in [-0.2, 0) is 9.53 Å². The molecule has 0 radical (unpaired) electrons. The molecule has 3 rings (SSSR count). The second kappa shape index (κ2) is 3.05. The van der Waals surface area contributed by atoms with Gasteiger partial charge < -0.3 is 4.74 Å². The van der Waals surface area contributed by atoms with Crippen LogP contribution in [-0.4, -0.2) is 18.0 Å². The van der Waals surface area contributed by atoms with Crippen molar-refractivity contribution in [1.82, 2.24) is 0 Å². The van der Waals surface area contributed by atoms with Gasteiger partial charge in [0, 0.05) is 0 Å². The number of carbonyl (C=O) groups is 1. The molecule has 0 saturated carbocycles. The molecule has 2 nitrogen and oxygen atoms in total. The van der Waals surface area contributed by atoms with Crippen LogP contribution in [0.25, 0.3) is 0 Å². The molecule has 82 valence electrons. The van der Waals surface area contributed by atoms with Crippen molar-refractivity contribution in [2.24, 2.45) is 0 Å². The van der Waals surface area contributed by atoms with Crippen LogP contribution in [0.4, 0.5) is 0 Å². The Hall–Kier alpha value is -1.41. The van der Waals surface area contributed by atoms with Gasteiger partial charge in [0.25, 0.3) is 0 Å². The van der Waals surface area contributed by atoms with Gasteiger partial charge >= 0.3 is 0 Å². The molecule has 2 atom stereocenters. The van der Waals surface area contributed by atoms with E-state index in [0.717, 1.165) is 5.56 Å². The number of ketones is 1. The molecular weight excluding hydrogens is 200 g/mol. The van der Waals surface area contributed by atoms with Crippen LogP contribution in [0.15, 0.2) is 30.4 Å². The van der Waals surface area contributed by atoms with Gasteiger partial charge in [0.2, 0.25) is 0 Å². The molecule has 0 unspecified atom stereocenters. The Kier molecular flexibility index (Phi) is 1.86. The van der Waals surface area contributed by atoms with Gasteiger partial charge in [-0.15, -0.1) is 0 Å². The normalized spacial score (nSPS) is 31.4. The van der Waals surface area contributed by atoms with Crippen molar-refractivity contribution in [2.75, 3.05) is 6.61 Å². The van der Waals surface area contributed by atoms with Gasteiger partial charge in [-0.3, -0.25) is 4.79 Å². The highest BCUT2D eigenvalue weighted by molar-refractivity contribution is 6.00. The van der Waals surface area contributed by atoms with E-state index in [1.807, 2.05) is 6.08 Å². The first-order valence-electron chi connectivity index (χ1n) is 5.57. The lowest BCUT2D eigenvalue weighted by molar-refractivity contribution is -0.116. The van der Waals surface area contributed by atoms with Crippen LogP contribution in [0.3, 0.4) is 0 Å². The number of hydrogen-bond acceptors (Lipinski definition) is 2. The number of rotatable bonds is 1. The maximum absolute atomic E-state index is 11.9. The molecule has 16 heavy (non-hydrogen) atoms. The lowest BCUT2D eigenvalue weighted by Crippen LogP contribution is -2.22. The summed E-state index contributed by atoms with van der Waals surface area (Å²) in [5, 5.41) is 0. The van der Waals surface area contributed by atoms with E-state index < -0.39 is 0 Å². The number of hydrogen-bond donors (Lipinski definition) is 0. The monoisotopic (exact) mass is 214 g/mol. The fourth-order valence-corrected chi connectivity index (χ4v) is 2.57. The summed E-state index contributed by atoms with van der Waals surface area (Å²) < 4.78 is 5.47. The Morgan fingerprint density at radius 1 is 1.38 bits per heavy atom. The van der Waals surface area contributed by atoms with Crippen LogP contribution in [0.1, 0.15) is 22.6 Å². The summed E-state index contributed by atoms with van der Waals surface area (Å²) in [6.07, 6.45) is 3.58. The lowest BCUT2D eigenvalue weighted by atomic mass is 9.85. The van der Waals surface area contributed by atoms with Gasteiger partial charge in [-0.2, -0.15) is 0 Å². The van der Waals surface area contributed by atoms with Crippen molar-refractivity contribution in [3.63, 3.8) is 0 Å². The van der Waals surface area contributed by atoms with Gasteiger partial charge in [0.1, 0.15) is 5.60 Å². The molecule has 1 aromatic rings. The summed E-state index contributed by atoms with van der Waals surface area (Å²) in [5.41, 5.74) is 3.21. The molecule has 2 heteroatoms. The summed E-state index contributed by atoms with van der Waals surface area (Å²) >= 11 is 0. The predicted octanol–water partition coefficient (Wildman–Crippen LogP) is 2.29. The zero-order chi connectivity index (χ0) is 11.3. The van der Waals surface area contributed by atoms with Gasteiger partial charge in [-0.25, -0.2) is 0 Å². The van der Waals surface area contributed by atoms with Crippen LogP contribution in [0, 0.1) is 13.8 Å². The summed E-state index contributed by atoms with van der Waals surface area (Å²) in [6.45, 7) is 4.80. The smallest absolute Gasteiger partial charge is 0.166 e. The molecule has 1 aromatic carbocycles. The molecule has 1 spiro atoms. The molecule has 0 aromatic heterocycles. The maximum Gasteiger partial charge on any atom is 0.166 e. The van der Waals surface area contributed by atoms with Crippen molar-refractivity contribution in [2.45, 2.75) is 25.4 Å². The Balaban J connectivity index is 2.07. The van der Waals surface area contributed by atoms with Gasteiger partial charge in [0.05, 0.1) is 12.5 Å². The highest BCUT2D eigenvalue weighted by Gasteiger charge is 2.56. The number of aryl methyl sites for hydroxylation is 2. The molecule has 0 amide bonds. The van der Waals surface area contributed by atoms with E-state index in [9.17, 15) is 4.79 Å². The summed E-state index contributed by atoms with van der Waals surface area (Å²) in [5.74, 6) is 0.0533. The first-order valence-corrected chi connectivity index (χ1v) is 5.57. The van der Waals surface area contributed by atoms with Crippen LogP contribution in [0.2, 0.25) is 0 Å². The fourth-order valence-electron chi connectivity index (χ4n) is 2.57. The SMILES string of the molecule is Cc1ccc([C@H]2C(=O)C=C[C@@]23CO3)c(C)c1. The van der Waals surface area contributed by atoms with Crippen molar-refractivity contribution in [3.8, 4) is 0 Å². The van der Waals surface area contributed by atoms with Crippen molar-refractivity contribution < 1.29 is 9.53 Å². The molecule has 1 saturated heterocycles. The van der Waals surface area contributed by atoms with Crippen molar-refractivity contribution >= 4 is 5.78 Å². The zero-order valence-electron chi connectivity index (χ0n) is 9.49. The third-order valence-electron chi connectivity index (χ3n) is 3.52. The highest BCUT2D eigenvalue weighted by atomic mass is 16.6. The van der Waals surface area contributed by atoms with E-state index in [1.54, 1.807) is 6.08 Å². The molecule has 1 heterocycles. The second-order valence-electron chi connectivity index (χ2n) is 4.77. The highest BCUT2D eigenvalue weighted by Crippen LogP contribution is 2.48. The Bertz CT molecular complexity index is 495. The summed E-state index contributed by atoms with van der Waals surface area (Å²) in [7, 11) is 0. The average Bonchev–Trinajstić information content (AvgIpc) is 2.93. The van der Waals surface area contributed by atoms with Crippen LogP contribution >= 0.6 is 0 Å². The quantitative estimate of drug-likeness (QED) is 0.671. The molecule has 1 aliphatic heterocycles. The van der Waals surface area contributed by atoms with Gasteiger partial charge in [0.15, 0.2) is 5.78 Å². The first-order chi connectivity index (χ1) is 7.62. The van der Waals surface area contributed by atoms with E-state index >= 15 is 0 Å². The lowest BCUT2D eigenvalue weighted by Gasteiger charge is -2.17. The number of benzene rings is 1. The molecular formula is C14H14O2. The van der Waals surface area contributed by atoms with E-state index in [1.165, 1.54) is 11.1 Å². The molecule has 1 aliphatic carbocycles. The third-order valence-corrected chi connectivity index (χ3v) is 3.52. The number of epoxide rings is 1. The minimum absolute atomic E-state index is 0.118. The second-order valence-corrected chi connectivity index (χ2v) is 4.77.